The molecule has 2 aliphatic rings. The highest BCUT2D eigenvalue weighted by Crippen LogP contribution is 2.40. The standard InChI is InChI=1S/C20H26N2O8/c1-7-9(13-19(3,4)29-17(25)27-13)11(15(21)23)12(16(22)24)10(8-2)14-20(5,6)30-18(26)28-14/h7-8H2,1-6H3,(H2,21,23)(H2,22,24). The van der Waals surface area contributed by atoms with Crippen LogP contribution < -0.4 is 11.5 Å². The zero-order chi connectivity index (χ0) is 23.0. The molecule has 2 fully saturated rings. The summed E-state index contributed by atoms with van der Waals surface area (Å²) >= 11 is 0. The van der Waals surface area contributed by atoms with Crippen molar-refractivity contribution in [2.75, 3.05) is 0 Å². The predicted molar refractivity (Wildman–Crippen MR) is 103 cm³/mol. The number of carbonyl (C=O) groups excluding carboxylic acids is 4. The van der Waals surface area contributed by atoms with Crippen LogP contribution in [0.25, 0.3) is 0 Å². The van der Waals surface area contributed by atoms with E-state index >= 15 is 0 Å². The van der Waals surface area contributed by atoms with Gasteiger partial charge in [-0.1, -0.05) is 13.8 Å². The third-order valence-corrected chi connectivity index (χ3v) is 4.74. The third kappa shape index (κ3) is 4.03. The number of carbonyl (C=O) groups is 4. The van der Waals surface area contributed by atoms with Crippen molar-refractivity contribution in [1.29, 1.82) is 0 Å². The Labute approximate surface area is 173 Å². The van der Waals surface area contributed by atoms with Crippen LogP contribution in [-0.4, -0.2) is 35.3 Å². The van der Waals surface area contributed by atoms with E-state index in [4.69, 9.17) is 30.4 Å². The number of hydrogen-bond donors (Lipinski definition) is 2. The molecule has 10 nitrogen and oxygen atoms in total. The van der Waals surface area contributed by atoms with Gasteiger partial charge in [0.25, 0.3) is 0 Å². The Balaban J connectivity index is 2.96. The predicted octanol–water partition coefficient (Wildman–Crippen LogP) is 2.47. The molecule has 0 aliphatic carbocycles. The van der Waals surface area contributed by atoms with Crippen molar-refractivity contribution in [2.45, 2.75) is 65.6 Å². The second-order valence-electron chi connectivity index (χ2n) is 7.73. The smallest absolute Gasteiger partial charge is 0.420 e. The third-order valence-electron chi connectivity index (χ3n) is 4.74. The van der Waals surface area contributed by atoms with Gasteiger partial charge >= 0.3 is 12.3 Å². The molecule has 0 unspecified atom stereocenters. The molecule has 0 radical (unpaired) electrons. The summed E-state index contributed by atoms with van der Waals surface area (Å²) in [5.41, 5.74) is 8.77. The van der Waals surface area contributed by atoms with E-state index in [1.54, 1.807) is 41.5 Å². The number of nitrogens with two attached hydrogens (primary N) is 2. The summed E-state index contributed by atoms with van der Waals surface area (Å²) in [5.74, 6) is -1.85. The average molecular weight is 422 g/mol. The largest absolute Gasteiger partial charge is 0.514 e. The van der Waals surface area contributed by atoms with Gasteiger partial charge in [0.15, 0.2) is 22.7 Å². The Kier molecular flexibility index (Phi) is 6.01. The van der Waals surface area contributed by atoms with Gasteiger partial charge in [-0.05, 0) is 40.5 Å². The summed E-state index contributed by atoms with van der Waals surface area (Å²) in [7, 11) is 0. The van der Waals surface area contributed by atoms with E-state index in [0.29, 0.717) is 0 Å². The summed E-state index contributed by atoms with van der Waals surface area (Å²) in [4.78, 5) is 48.5. The van der Waals surface area contributed by atoms with Crippen molar-refractivity contribution in [2.24, 2.45) is 11.5 Å². The monoisotopic (exact) mass is 422 g/mol. The van der Waals surface area contributed by atoms with Crippen LogP contribution in [-0.2, 0) is 28.5 Å². The van der Waals surface area contributed by atoms with Crippen molar-refractivity contribution in [3.63, 3.8) is 0 Å². The first-order valence-electron chi connectivity index (χ1n) is 9.40. The number of rotatable bonds is 6. The maximum atomic E-state index is 12.5. The summed E-state index contributed by atoms with van der Waals surface area (Å²) in [6.45, 7) is 9.66. The molecule has 2 aliphatic heterocycles. The quantitative estimate of drug-likeness (QED) is 0.488. The van der Waals surface area contributed by atoms with E-state index in [-0.39, 0.29) is 46.7 Å². The minimum absolute atomic E-state index is 0.0435. The Morgan fingerprint density at radius 3 is 1.20 bits per heavy atom. The van der Waals surface area contributed by atoms with Crippen LogP contribution >= 0.6 is 0 Å². The van der Waals surface area contributed by atoms with Crippen LogP contribution in [0.15, 0.2) is 33.8 Å². The summed E-state index contributed by atoms with van der Waals surface area (Å²) in [6, 6.07) is 0. The van der Waals surface area contributed by atoms with Gasteiger partial charge in [0.2, 0.25) is 11.8 Å². The molecule has 2 saturated heterocycles. The highest BCUT2D eigenvalue weighted by molar-refractivity contribution is 6.09. The molecule has 2 heterocycles. The van der Waals surface area contributed by atoms with Gasteiger partial charge in [0.05, 0.1) is 11.1 Å². The normalized spacial score (nSPS) is 23.5. The molecular formula is C20H26N2O8. The lowest BCUT2D eigenvalue weighted by atomic mass is 9.85. The fourth-order valence-corrected chi connectivity index (χ4v) is 3.56. The number of hydrogen-bond acceptors (Lipinski definition) is 8. The van der Waals surface area contributed by atoms with Crippen molar-refractivity contribution in [3.05, 3.63) is 33.8 Å². The fraction of sp³-hybridized carbons (Fsp3) is 0.500. The molecule has 0 aromatic rings. The first kappa shape index (κ1) is 23.0. The Hall–Kier alpha value is -3.30. The summed E-state index contributed by atoms with van der Waals surface area (Å²) < 4.78 is 20.6. The lowest BCUT2D eigenvalue weighted by molar-refractivity contribution is -0.117. The van der Waals surface area contributed by atoms with E-state index in [2.05, 4.69) is 0 Å². The zero-order valence-corrected chi connectivity index (χ0v) is 17.8. The van der Waals surface area contributed by atoms with Crippen LogP contribution in [0.4, 0.5) is 9.59 Å². The molecule has 0 saturated carbocycles. The summed E-state index contributed by atoms with van der Waals surface area (Å²) in [5, 5.41) is 0. The molecule has 164 valence electrons. The fourth-order valence-electron chi connectivity index (χ4n) is 3.56. The topological polar surface area (TPSA) is 157 Å². The zero-order valence-electron chi connectivity index (χ0n) is 17.8. The van der Waals surface area contributed by atoms with E-state index in [0.717, 1.165) is 0 Å². The van der Waals surface area contributed by atoms with Gasteiger partial charge in [-0.25, -0.2) is 9.59 Å². The number of ether oxygens (including phenoxy) is 4. The summed E-state index contributed by atoms with van der Waals surface area (Å²) in [6.07, 6.45) is -1.56. The Morgan fingerprint density at radius 2 is 1.03 bits per heavy atom. The van der Waals surface area contributed by atoms with E-state index < -0.39 is 35.3 Å². The molecule has 0 atom stereocenters. The van der Waals surface area contributed by atoms with Crippen LogP contribution in [0.1, 0.15) is 54.4 Å². The first-order chi connectivity index (χ1) is 13.8. The molecule has 10 heteroatoms. The van der Waals surface area contributed by atoms with Crippen molar-refractivity contribution >= 4 is 24.1 Å². The minimum atomic E-state index is -1.20. The molecule has 2 rings (SSSR count). The lowest BCUT2D eigenvalue weighted by Crippen LogP contribution is -2.30. The van der Waals surface area contributed by atoms with E-state index in [1.807, 2.05) is 0 Å². The van der Waals surface area contributed by atoms with Crippen molar-refractivity contribution in [1.82, 2.24) is 0 Å². The lowest BCUT2D eigenvalue weighted by Gasteiger charge is -2.23. The Bertz CT molecular complexity index is 847. The van der Waals surface area contributed by atoms with Crippen molar-refractivity contribution in [3.8, 4) is 0 Å². The minimum Gasteiger partial charge on any atom is -0.420 e. The van der Waals surface area contributed by atoms with Crippen molar-refractivity contribution < 1.29 is 38.1 Å². The second-order valence-corrected chi connectivity index (χ2v) is 7.73. The highest BCUT2D eigenvalue weighted by atomic mass is 16.8. The average Bonchev–Trinajstić information content (AvgIpc) is 3.02. The number of amides is 2. The van der Waals surface area contributed by atoms with Crippen LogP contribution in [0, 0.1) is 0 Å². The van der Waals surface area contributed by atoms with Gasteiger partial charge in [0, 0.05) is 11.1 Å². The van der Waals surface area contributed by atoms with Gasteiger partial charge < -0.3 is 30.4 Å². The van der Waals surface area contributed by atoms with Crippen LogP contribution in [0.3, 0.4) is 0 Å². The van der Waals surface area contributed by atoms with E-state index in [1.165, 1.54) is 0 Å². The van der Waals surface area contributed by atoms with E-state index in [9.17, 15) is 19.2 Å². The number of cyclic esters (lactones) is 4. The Morgan fingerprint density at radius 1 is 0.733 bits per heavy atom. The van der Waals surface area contributed by atoms with Crippen LogP contribution in [0.5, 0.6) is 0 Å². The first-order valence-corrected chi connectivity index (χ1v) is 9.40. The molecule has 4 N–H and O–H groups in total. The number of primary amides is 2. The molecule has 0 spiro atoms. The van der Waals surface area contributed by atoms with Crippen LogP contribution in [0.2, 0.25) is 0 Å². The molecule has 0 aromatic heterocycles. The van der Waals surface area contributed by atoms with Gasteiger partial charge in [-0.15, -0.1) is 0 Å². The SMILES string of the molecule is CCC(C(C(N)=O)=C(C(N)=O)C(CC)=C1OC(=O)OC1(C)C)=C1OC(=O)OC1(C)C. The van der Waals surface area contributed by atoms with Gasteiger partial charge in [-0.3, -0.25) is 9.59 Å². The molecule has 0 aromatic carbocycles. The highest BCUT2D eigenvalue weighted by Gasteiger charge is 2.45. The van der Waals surface area contributed by atoms with Gasteiger partial charge in [-0.2, -0.15) is 0 Å². The van der Waals surface area contributed by atoms with Gasteiger partial charge in [0.1, 0.15) is 0 Å². The molecular weight excluding hydrogens is 396 g/mol. The molecule has 0 bridgehead atoms. The maximum absolute atomic E-state index is 12.5. The second kappa shape index (κ2) is 7.85. The molecule has 30 heavy (non-hydrogen) atoms. The maximum Gasteiger partial charge on any atom is 0.514 e. The molecule has 2 amide bonds.